The van der Waals surface area contributed by atoms with E-state index in [0.29, 0.717) is 5.56 Å². The van der Waals surface area contributed by atoms with Crippen LogP contribution >= 0.6 is 0 Å². The van der Waals surface area contributed by atoms with E-state index in [2.05, 4.69) is 10.6 Å². The van der Waals surface area contributed by atoms with Crippen LogP contribution in [0.15, 0.2) is 42.5 Å². The van der Waals surface area contributed by atoms with Crippen LogP contribution < -0.4 is 21.1 Å². The molecule has 0 aliphatic rings. The smallest absolute Gasteiger partial charge is 0.315 e. The number of nitrogens with two attached hydrogens (primary N) is 1. The number of nitrogens with one attached hydrogen (secondary N) is 2. The zero-order valence-corrected chi connectivity index (χ0v) is 13.2. The third kappa shape index (κ3) is 5.76. The summed E-state index contributed by atoms with van der Waals surface area (Å²) in [6.07, 6.45) is 0. The molecule has 0 aliphatic carbocycles. The number of hydrogen-bond acceptors (Lipinski definition) is 3. The van der Waals surface area contributed by atoms with Gasteiger partial charge in [0.05, 0.1) is 6.54 Å². The highest BCUT2D eigenvalue weighted by Crippen LogP contribution is 2.17. The van der Waals surface area contributed by atoms with Gasteiger partial charge in [0, 0.05) is 18.2 Å². The van der Waals surface area contributed by atoms with Crippen molar-refractivity contribution in [3.63, 3.8) is 0 Å². The Morgan fingerprint density at radius 1 is 1.08 bits per heavy atom. The quantitative estimate of drug-likeness (QED) is 0.667. The summed E-state index contributed by atoms with van der Waals surface area (Å²) in [6, 6.07) is 9.10. The third-order valence-electron chi connectivity index (χ3n) is 3.20. The SMILES string of the molecule is NC(=O)c1cccc(CNC(=O)NCCOc2ccc(F)cc2F)c1. The van der Waals surface area contributed by atoms with E-state index < -0.39 is 23.6 Å². The first-order chi connectivity index (χ1) is 12.0. The van der Waals surface area contributed by atoms with Crippen LogP contribution in [-0.2, 0) is 6.54 Å². The summed E-state index contributed by atoms with van der Waals surface area (Å²) in [4.78, 5) is 22.8. The van der Waals surface area contributed by atoms with Gasteiger partial charge in [-0.15, -0.1) is 0 Å². The molecule has 2 aromatic rings. The highest BCUT2D eigenvalue weighted by atomic mass is 19.1. The Bertz CT molecular complexity index is 769. The van der Waals surface area contributed by atoms with Gasteiger partial charge >= 0.3 is 6.03 Å². The van der Waals surface area contributed by atoms with Gasteiger partial charge in [-0.1, -0.05) is 12.1 Å². The maximum Gasteiger partial charge on any atom is 0.315 e. The van der Waals surface area contributed by atoms with Gasteiger partial charge < -0.3 is 21.1 Å². The Kier molecular flexibility index (Phi) is 6.27. The fourth-order valence-corrected chi connectivity index (χ4v) is 2.00. The lowest BCUT2D eigenvalue weighted by atomic mass is 10.1. The van der Waals surface area contributed by atoms with Crippen LogP contribution in [0.5, 0.6) is 5.75 Å². The van der Waals surface area contributed by atoms with Gasteiger partial charge in [-0.3, -0.25) is 4.79 Å². The molecule has 25 heavy (non-hydrogen) atoms. The first kappa shape index (κ1) is 18.2. The van der Waals surface area contributed by atoms with Crippen molar-refractivity contribution in [2.24, 2.45) is 5.73 Å². The summed E-state index contributed by atoms with van der Waals surface area (Å²) in [5, 5.41) is 5.13. The Labute approximate surface area is 143 Å². The zero-order valence-electron chi connectivity index (χ0n) is 13.2. The highest BCUT2D eigenvalue weighted by Gasteiger charge is 2.06. The number of carbonyl (C=O) groups excluding carboxylic acids is 2. The van der Waals surface area contributed by atoms with Gasteiger partial charge in [0.15, 0.2) is 11.6 Å². The predicted octanol–water partition coefficient (Wildman–Crippen LogP) is 1.94. The minimum Gasteiger partial charge on any atom is -0.489 e. The molecule has 0 radical (unpaired) electrons. The van der Waals surface area contributed by atoms with Crippen LogP contribution in [0.2, 0.25) is 0 Å². The molecule has 6 nitrogen and oxygen atoms in total. The summed E-state index contributed by atoms with van der Waals surface area (Å²) in [5.41, 5.74) is 6.26. The van der Waals surface area contributed by atoms with E-state index in [9.17, 15) is 18.4 Å². The molecule has 0 bridgehead atoms. The molecular weight excluding hydrogens is 332 g/mol. The van der Waals surface area contributed by atoms with E-state index >= 15 is 0 Å². The van der Waals surface area contributed by atoms with E-state index in [0.717, 1.165) is 17.7 Å². The van der Waals surface area contributed by atoms with Crippen molar-refractivity contribution in [1.29, 1.82) is 0 Å². The fraction of sp³-hybridized carbons (Fsp3) is 0.176. The molecule has 8 heteroatoms. The monoisotopic (exact) mass is 349 g/mol. The van der Waals surface area contributed by atoms with Crippen LogP contribution in [0, 0.1) is 11.6 Å². The number of carbonyl (C=O) groups is 2. The van der Waals surface area contributed by atoms with Gasteiger partial charge in [0.1, 0.15) is 12.4 Å². The maximum atomic E-state index is 13.3. The second-order valence-electron chi connectivity index (χ2n) is 5.10. The second-order valence-corrected chi connectivity index (χ2v) is 5.10. The normalized spacial score (nSPS) is 10.2. The molecule has 2 aromatic carbocycles. The minimum atomic E-state index is -0.807. The fourth-order valence-electron chi connectivity index (χ4n) is 2.00. The molecule has 3 amide bonds. The summed E-state index contributed by atoms with van der Waals surface area (Å²) >= 11 is 0. The van der Waals surface area contributed by atoms with E-state index in [-0.39, 0.29) is 25.4 Å². The van der Waals surface area contributed by atoms with Gasteiger partial charge in [-0.05, 0) is 29.8 Å². The lowest BCUT2D eigenvalue weighted by Crippen LogP contribution is -2.37. The number of primary amides is 1. The molecule has 0 saturated heterocycles. The molecule has 132 valence electrons. The Hall–Kier alpha value is -3.16. The largest absolute Gasteiger partial charge is 0.489 e. The molecule has 0 aromatic heterocycles. The van der Waals surface area contributed by atoms with Crippen molar-refractivity contribution in [3.8, 4) is 5.75 Å². The van der Waals surface area contributed by atoms with Crippen molar-refractivity contribution >= 4 is 11.9 Å². The Balaban J connectivity index is 1.70. The van der Waals surface area contributed by atoms with E-state index in [4.69, 9.17) is 10.5 Å². The molecule has 0 spiro atoms. The Morgan fingerprint density at radius 2 is 1.88 bits per heavy atom. The van der Waals surface area contributed by atoms with Gasteiger partial charge in [0.2, 0.25) is 5.91 Å². The molecule has 0 saturated carbocycles. The molecular formula is C17H17F2N3O3. The van der Waals surface area contributed by atoms with Crippen molar-refractivity contribution in [1.82, 2.24) is 10.6 Å². The summed E-state index contributed by atoms with van der Waals surface area (Å²) < 4.78 is 31.2. The maximum absolute atomic E-state index is 13.3. The number of ether oxygens (including phenoxy) is 1. The van der Waals surface area contributed by atoms with Crippen LogP contribution in [0.1, 0.15) is 15.9 Å². The predicted molar refractivity (Wildman–Crippen MR) is 87.1 cm³/mol. The van der Waals surface area contributed by atoms with Gasteiger partial charge in [0.25, 0.3) is 0 Å². The number of hydrogen-bond donors (Lipinski definition) is 3. The topological polar surface area (TPSA) is 93.5 Å². The van der Waals surface area contributed by atoms with Crippen LogP contribution in [0.4, 0.5) is 13.6 Å². The first-order valence-corrected chi connectivity index (χ1v) is 7.44. The molecule has 0 heterocycles. The van der Waals surface area contributed by atoms with E-state index in [1.165, 1.54) is 6.07 Å². The minimum absolute atomic E-state index is 0.0210. The number of halogens is 2. The lowest BCUT2D eigenvalue weighted by molar-refractivity contribution is 0.1000. The van der Waals surface area contributed by atoms with Gasteiger partial charge in [-0.2, -0.15) is 0 Å². The molecule has 0 atom stereocenters. The molecule has 2 rings (SSSR count). The summed E-state index contributed by atoms with van der Waals surface area (Å²) in [7, 11) is 0. The lowest BCUT2D eigenvalue weighted by Gasteiger charge is -2.10. The summed E-state index contributed by atoms with van der Waals surface area (Å²) in [5.74, 6) is -2.13. The van der Waals surface area contributed by atoms with Gasteiger partial charge in [-0.25, -0.2) is 13.6 Å². The zero-order chi connectivity index (χ0) is 18.2. The molecule has 0 fully saturated rings. The highest BCUT2D eigenvalue weighted by molar-refractivity contribution is 5.92. The molecule has 0 unspecified atom stereocenters. The third-order valence-corrected chi connectivity index (χ3v) is 3.20. The standard InChI is InChI=1S/C17H17F2N3O3/c18-13-4-5-15(14(19)9-13)25-7-6-21-17(24)22-10-11-2-1-3-12(8-11)16(20)23/h1-5,8-9H,6-7,10H2,(H2,20,23)(H2,21,22,24). The molecule has 4 N–H and O–H groups in total. The van der Waals surface area contributed by atoms with Crippen molar-refractivity contribution in [3.05, 3.63) is 65.2 Å². The average molecular weight is 349 g/mol. The van der Waals surface area contributed by atoms with Crippen LogP contribution in [0.3, 0.4) is 0 Å². The van der Waals surface area contributed by atoms with Crippen molar-refractivity contribution in [2.45, 2.75) is 6.54 Å². The van der Waals surface area contributed by atoms with Crippen LogP contribution in [-0.4, -0.2) is 25.1 Å². The van der Waals surface area contributed by atoms with Crippen molar-refractivity contribution < 1.29 is 23.1 Å². The van der Waals surface area contributed by atoms with E-state index in [1.807, 2.05) is 0 Å². The summed E-state index contributed by atoms with van der Waals surface area (Å²) in [6.45, 7) is 0.359. The first-order valence-electron chi connectivity index (χ1n) is 7.44. The second kappa shape index (κ2) is 8.62. The number of amides is 3. The number of benzene rings is 2. The number of urea groups is 1. The average Bonchev–Trinajstić information content (AvgIpc) is 2.58. The van der Waals surface area contributed by atoms with Crippen LogP contribution in [0.25, 0.3) is 0 Å². The Morgan fingerprint density at radius 3 is 2.60 bits per heavy atom. The van der Waals surface area contributed by atoms with Crippen molar-refractivity contribution in [2.75, 3.05) is 13.2 Å². The van der Waals surface area contributed by atoms with E-state index in [1.54, 1.807) is 24.3 Å². The number of rotatable bonds is 7. The molecule has 0 aliphatic heterocycles.